The van der Waals surface area contributed by atoms with Crippen molar-refractivity contribution < 1.29 is 9.59 Å². The summed E-state index contributed by atoms with van der Waals surface area (Å²) in [4.78, 5) is 25.1. The Bertz CT molecular complexity index is 980. The molecule has 0 aliphatic rings. The van der Waals surface area contributed by atoms with E-state index >= 15 is 0 Å². The van der Waals surface area contributed by atoms with Gasteiger partial charge in [0.25, 0.3) is 5.91 Å². The molecule has 152 valence electrons. The summed E-state index contributed by atoms with van der Waals surface area (Å²) in [6, 6.07) is 26.6. The molecule has 0 spiro atoms. The molecule has 2 amide bonds. The van der Waals surface area contributed by atoms with Crippen LogP contribution in [0.3, 0.4) is 0 Å². The second-order valence-electron chi connectivity index (χ2n) is 6.71. The molecule has 5 nitrogen and oxygen atoms in total. The van der Waals surface area contributed by atoms with Gasteiger partial charge < -0.3 is 5.32 Å². The summed E-state index contributed by atoms with van der Waals surface area (Å²) < 4.78 is 0.970. The Morgan fingerprint density at radius 2 is 1.40 bits per heavy atom. The number of hydrogen-bond donors (Lipinski definition) is 2. The van der Waals surface area contributed by atoms with E-state index < -0.39 is 5.92 Å². The molecule has 6 heteroatoms. The Labute approximate surface area is 184 Å². The average molecular weight is 464 g/mol. The number of rotatable bonds is 7. The standard InChI is InChI=1S/C24H22BrN3O2/c1-17(18-12-14-21(25)15-13-18)27-28-22(29)16-26-24(30)23(19-8-4-2-5-9-19)20-10-6-3-7-11-20/h2-15,23H,16H2,1H3,(H,26,30)(H,28,29). The molecule has 0 atom stereocenters. The van der Waals surface area contributed by atoms with Gasteiger partial charge in [0, 0.05) is 4.47 Å². The van der Waals surface area contributed by atoms with Crippen LogP contribution >= 0.6 is 15.9 Å². The van der Waals surface area contributed by atoms with E-state index in [1.807, 2.05) is 91.9 Å². The predicted octanol–water partition coefficient (Wildman–Crippen LogP) is 4.24. The van der Waals surface area contributed by atoms with Crippen LogP contribution in [0.2, 0.25) is 0 Å². The zero-order chi connectivity index (χ0) is 21.3. The molecule has 0 aliphatic heterocycles. The van der Waals surface area contributed by atoms with Crippen LogP contribution in [0, 0.1) is 0 Å². The highest BCUT2D eigenvalue weighted by Crippen LogP contribution is 2.24. The van der Waals surface area contributed by atoms with Crippen molar-refractivity contribution in [2.75, 3.05) is 6.54 Å². The molecule has 3 aromatic carbocycles. The fraction of sp³-hybridized carbons (Fsp3) is 0.125. The van der Waals surface area contributed by atoms with Gasteiger partial charge in [-0.05, 0) is 35.7 Å². The summed E-state index contributed by atoms with van der Waals surface area (Å²) in [6.45, 7) is 1.65. The Hall–Kier alpha value is -3.25. The second-order valence-corrected chi connectivity index (χ2v) is 7.63. The van der Waals surface area contributed by atoms with Crippen LogP contribution in [0.5, 0.6) is 0 Å². The molecule has 0 radical (unpaired) electrons. The van der Waals surface area contributed by atoms with Crippen molar-refractivity contribution in [3.63, 3.8) is 0 Å². The van der Waals surface area contributed by atoms with Crippen molar-refractivity contribution >= 4 is 33.5 Å². The molecule has 0 heterocycles. The first-order valence-corrected chi connectivity index (χ1v) is 10.3. The number of nitrogens with one attached hydrogen (secondary N) is 2. The van der Waals surface area contributed by atoms with Gasteiger partial charge in [0.2, 0.25) is 5.91 Å². The summed E-state index contributed by atoms with van der Waals surface area (Å²) >= 11 is 3.39. The molecule has 2 N–H and O–H groups in total. The number of carbonyl (C=O) groups excluding carboxylic acids is 2. The quantitative estimate of drug-likeness (QED) is 0.406. The molecule has 0 saturated carbocycles. The number of benzene rings is 3. The lowest BCUT2D eigenvalue weighted by Crippen LogP contribution is -2.38. The summed E-state index contributed by atoms with van der Waals surface area (Å²) in [7, 11) is 0. The molecular weight excluding hydrogens is 442 g/mol. The molecule has 3 aromatic rings. The molecule has 0 aromatic heterocycles. The minimum atomic E-state index is -0.492. The van der Waals surface area contributed by atoms with E-state index in [9.17, 15) is 9.59 Å². The van der Waals surface area contributed by atoms with Gasteiger partial charge in [0.05, 0.1) is 18.2 Å². The van der Waals surface area contributed by atoms with E-state index in [4.69, 9.17) is 0 Å². The SMILES string of the molecule is CC(=NNC(=O)CNC(=O)C(c1ccccc1)c1ccccc1)c1ccc(Br)cc1. The van der Waals surface area contributed by atoms with Crippen LogP contribution in [0.15, 0.2) is 94.5 Å². The first-order chi connectivity index (χ1) is 14.5. The number of amides is 2. The molecule has 30 heavy (non-hydrogen) atoms. The fourth-order valence-electron chi connectivity index (χ4n) is 3.00. The van der Waals surface area contributed by atoms with Gasteiger partial charge in [-0.15, -0.1) is 0 Å². The molecule has 0 aliphatic carbocycles. The molecule has 0 fully saturated rings. The number of halogens is 1. The molecule has 0 saturated heterocycles. The lowest BCUT2D eigenvalue weighted by atomic mass is 9.90. The van der Waals surface area contributed by atoms with E-state index in [0.717, 1.165) is 21.2 Å². The van der Waals surface area contributed by atoms with Crippen molar-refractivity contribution in [1.82, 2.24) is 10.7 Å². The van der Waals surface area contributed by atoms with Crippen LogP contribution in [0.4, 0.5) is 0 Å². The lowest BCUT2D eigenvalue weighted by molar-refractivity contribution is -0.126. The Morgan fingerprint density at radius 3 is 1.93 bits per heavy atom. The minimum absolute atomic E-state index is 0.161. The van der Waals surface area contributed by atoms with Gasteiger partial charge in [-0.3, -0.25) is 9.59 Å². The maximum absolute atomic E-state index is 12.9. The lowest BCUT2D eigenvalue weighted by Gasteiger charge is -2.17. The number of hydrazone groups is 1. The predicted molar refractivity (Wildman–Crippen MR) is 122 cm³/mol. The van der Waals surface area contributed by atoms with Crippen LogP contribution in [0.1, 0.15) is 29.5 Å². The first kappa shape index (κ1) is 21.5. The summed E-state index contributed by atoms with van der Waals surface area (Å²) in [6.07, 6.45) is 0. The summed E-state index contributed by atoms with van der Waals surface area (Å²) in [5.41, 5.74) is 5.80. The maximum Gasteiger partial charge on any atom is 0.259 e. The van der Waals surface area contributed by atoms with Crippen LogP contribution < -0.4 is 10.7 Å². The normalized spacial score (nSPS) is 11.2. The Kier molecular flexibility index (Phi) is 7.51. The van der Waals surface area contributed by atoms with Gasteiger partial charge in [0.1, 0.15) is 0 Å². The van der Waals surface area contributed by atoms with Crippen molar-refractivity contribution in [2.45, 2.75) is 12.8 Å². The highest BCUT2D eigenvalue weighted by Gasteiger charge is 2.22. The van der Waals surface area contributed by atoms with Gasteiger partial charge in [-0.2, -0.15) is 5.10 Å². The van der Waals surface area contributed by atoms with Crippen LogP contribution in [0.25, 0.3) is 0 Å². The maximum atomic E-state index is 12.9. The topological polar surface area (TPSA) is 70.6 Å². The Morgan fingerprint density at radius 1 is 0.867 bits per heavy atom. The van der Waals surface area contributed by atoms with Crippen molar-refractivity contribution in [3.8, 4) is 0 Å². The molecular formula is C24H22BrN3O2. The minimum Gasteiger partial charge on any atom is -0.346 e. The van der Waals surface area contributed by atoms with E-state index in [-0.39, 0.29) is 18.4 Å². The van der Waals surface area contributed by atoms with Crippen LogP contribution in [-0.2, 0) is 9.59 Å². The van der Waals surface area contributed by atoms with Gasteiger partial charge >= 0.3 is 0 Å². The third-order valence-corrected chi connectivity index (χ3v) is 5.09. The number of nitrogens with zero attached hydrogens (tertiary/aromatic N) is 1. The summed E-state index contributed by atoms with van der Waals surface area (Å²) in [5, 5.41) is 6.84. The Balaban J connectivity index is 1.63. The van der Waals surface area contributed by atoms with Crippen LogP contribution in [-0.4, -0.2) is 24.1 Å². The van der Waals surface area contributed by atoms with Gasteiger partial charge in [-0.1, -0.05) is 88.7 Å². The molecule has 3 rings (SSSR count). The zero-order valence-electron chi connectivity index (χ0n) is 16.5. The second kappa shape index (κ2) is 10.5. The number of carbonyl (C=O) groups is 2. The summed E-state index contributed by atoms with van der Waals surface area (Å²) in [5.74, 6) is -1.12. The van der Waals surface area contributed by atoms with Gasteiger partial charge in [-0.25, -0.2) is 5.43 Å². The van der Waals surface area contributed by atoms with Crippen molar-refractivity contribution in [2.24, 2.45) is 5.10 Å². The van der Waals surface area contributed by atoms with Crippen molar-refractivity contribution in [1.29, 1.82) is 0 Å². The molecule has 0 unspecified atom stereocenters. The first-order valence-electron chi connectivity index (χ1n) is 9.51. The average Bonchev–Trinajstić information content (AvgIpc) is 2.78. The zero-order valence-corrected chi connectivity index (χ0v) is 18.1. The third-order valence-electron chi connectivity index (χ3n) is 4.56. The largest absolute Gasteiger partial charge is 0.346 e. The fourth-order valence-corrected chi connectivity index (χ4v) is 3.26. The number of hydrogen-bond acceptors (Lipinski definition) is 3. The third kappa shape index (κ3) is 5.87. The van der Waals surface area contributed by atoms with E-state index in [0.29, 0.717) is 5.71 Å². The smallest absolute Gasteiger partial charge is 0.259 e. The van der Waals surface area contributed by atoms with Crippen molar-refractivity contribution in [3.05, 3.63) is 106 Å². The monoisotopic (exact) mass is 463 g/mol. The van der Waals surface area contributed by atoms with E-state index in [2.05, 4.69) is 31.8 Å². The molecule has 0 bridgehead atoms. The van der Waals surface area contributed by atoms with E-state index in [1.165, 1.54) is 0 Å². The van der Waals surface area contributed by atoms with Gasteiger partial charge in [0.15, 0.2) is 0 Å². The highest BCUT2D eigenvalue weighted by molar-refractivity contribution is 9.10. The van der Waals surface area contributed by atoms with E-state index in [1.54, 1.807) is 0 Å². The highest BCUT2D eigenvalue weighted by atomic mass is 79.9.